The van der Waals surface area contributed by atoms with E-state index in [9.17, 15) is 14.3 Å². The molecular formula is C26H22FN3O3. The lowest BCUT2D eigenvalue weighted by molar-refractivity contribution is -0.137. The van der Waals surface area contributed by atoms with Gasteiger partial charge in [-0.3, -0.25) is 0 Å². The van der Waals surface area contributed by atoms with Crippen LogP contribution in [0.15, 0.2) is 91.3 Å². The Hall–Kier alpha value is -4.26. The van der Waals surface area contributed by atoms with Gasteiger partial charge in [-0.1, -0.05) is 48.5 Å². The number of carbonyl (C=O) groups is 1. The number of carboxylic acids is 1. The highest BCUT2D eigenvalue weighted by Gasteiger charge is 2.18. The molecule has 2 N–H and O–H groups in total. The molecule has 0 saturated carbocycles. The third kappa shape index (κ3) is 5.92. The van der Waals surface area contributed by atoms with Crippen molar-refractivity contribution in [2.24, 2.45) is 0 Å². The van der Waals surface area contributed by atoms with Crippen molar-refractivity contribution >= 4 is 11.8 Å². The fourth-order valence-corrected chi connectivity index (χ4v) is 3.32. The van der Waals surface area contributed by atoms with Gasteiger partial charge in [-0.2, -0.15) is 0 Å². The molecule has 0 amide bonds. The molecule has 0 spiro atoms. The summed E-state index contributed by atoms with van der Waals surface area (Å²) < 4.78 is 19.4. The number of benzene rings is 3. The zero-order valence-corrected chi connectivity index (χ0v) is 17.7. The summed E-state index contributed by atoms with van der Waals surface area (Å²) in [5, 5.41) is 12.6. The first-order valence-corrected chi connectivity index (χ1v) is 10.4. The lowest BCUT2D eigenvalue weighted by Gasteiger charge is -2.15. The van der Waals surface area contributed by atoms with Gasteiger partial charge >= 0.3 is 5.97 Å². The Kier molecular flexibility index (Phi) is 6.90. The molecule has 1 aromatic heterocycles. The lowest BCUT2D eigenvalue weighted by atomic mass is 10.1. The van der Waals surface area contributed by atoms with Gasteiger partial charge in [-0.05, 0) is 35.9 Å². The topological polar surface area (TPSA) is 84.3 Å². The van der Waals surface area contributed by atoms with Crippen molar-refractivity contribution in [2.75, 3.05) is 5.32 Å². The standard InChI is InChI=1S/C26H22FN3O3/c27-22-9-5-4-8-20(22)16-33-21-12-10-19(11-13-21)23-15-25(29-17-28-23)30-24(26(31)32)14-18-6-2-1-3-7-18/h1-13,15,17,24H,14,16H2,(H,31,32)(H,28,29,30)/t24-/m0/s1. The second kappa shape index (κ2) is 10.4. The number of aliphatic carboxylic acids is 1. The highest BCUT2D eigenvalue weighted by atomic mass is 19.1. The minimum absolute atomic E-state index is 0.131. The van der Waals surface area contributed by atoms with E-state index in [1.807, 2.05) is 42.5 Å². The molecule has 0 aliphatic rings. The Morgan fingerprint density at radius 2 is 1.70 bits per heavy atom. The average molecular weight is 443 g/mol. The summed E-state index contributed by atoms with van der Waals surface area (Å²) in [5.74, 6) is -0.246. The molecule has 3 aromatic carbocycles. The maximum Gasteiger partial charge on any atom is 0.326 e. The number of carboxylic acid groups (broad SMARTS) is 1. The molecule has 0 unspecified atom stereocenters. The largest absolute Gasteiger partial charge is 0.489 e. The van der Waals surface area contributed by atoms with E-state index in [1.54, 1.807) is 36.4 Å². The molecule has 0 fully saturated rings. The van der Waals surface area contributed by atoms with Gasteiger partial charge in [0.2, 0.25) is 0 Å². The van der Waals surface area contributed by atoms with Crippen molar-refractivity contribution in [1.29, 1.82) is 0 Å². The number of hydrogen-bond acceptors (Lipinski definition) is 5. The maximum absolute atomic E-state index is 13.7. The summed E-state index contributed by atoms with van der Waals surface area (Å²) in [5.41, 5.74) is 2.85. The Labute approximate surface area is 190 Å². The van der Waals surface area contributed by atoms with Gasteiger partial charge in [-0.25, -0.2) is 19.2 Å². The third-order valence-electron chi connectivity index (χ3n) is 5.07. The molecule has 4 aromatic rings. The number of nitrogens with zero attached hydrogens (tertiary/aromatic N) is 2. The predicted molar refractivity (Wildman–Crippen MR) is 123 cm³/mol. The fourth-order valence-electron chi connectivity index (χ4n) is 3.32. The highest BCUT2D eigenvalue weighted by Crippen LogP contribution is 2.23. The minimum Gasteiger partial charge on any atom is -0.489 e. The average Bonchev–Trinajstić information content (AvgIpc) is 2.84. The van der Waals surface area contributed by atoms with Crippen molar-refractivity contribution in [3.05, 3.63) is 108 Å². The summed E-state index contributed by atoms with van der Waals surface area (Å²) in [6.07, 6.45) is 1.71. The van der Waals surface area contributed by atoms with E-state index in [2.05, 4.69) is 15.3 Å². The van der Waals surface area contributed by atoms with Crippen LogP contribution in [-0.4, -0.2) is 27.1 Å². The molecule has 0 saturated heterocycles. The first kappa shape index (κ1) is 22.0. The number of aromatic nitrogens is 2. The van der Waals surface area contributed by atoms with Gasteiger partial charge in [-0.15, -0.1) is 0 Å². The van der Waals surface area contributed by atoms with E-state index in [4.69, 9.17) is 4.74 Å². The van der Waals surface area contributed by atoms with Gasteiger partial charge in [0, 0.05) is 23.6 Å². The normalized spacial score (nSPS) is 11.5. The Morgan fingerprint density at radius 1 is 0.970 bits per heavy atom. The Bertz CT molecular complexity index is 1220. The van der Waals surface area contributed by atoms with Gasteiger partial charge in [0.25, 0.3) is 0 Å². The molecule has 166 valence electrons. The number of nitrogens with one attached hydrogen (secondary N) is 1. The number of halogens is 1. The van der Waals surface area contributed by atoms with Crippen LogP contribution >= 0.6 is 0 Å². The number of anilines is 1. The summed E-state index contributed by atoms with van der Waals surface area (Å²) in [6.45, 7) is 0.131. The predicted octanol–water partition coefficient (Wildman–Crippen LogP) is 4.97. The maximum atomic E-state index is 13.7. The van der Waals surface area contributed by atoms with Crippen LogP contribution in [0.5, 0.6) is 5.75 Å². The van der Waals surface area contributed by atoms with Gasteiger partial charge in [0.15, 0.2) is 0 Å². The monoisotopic (exact) mass is 443 g/mol. The number of hydrogen-bond donors (Lipinski definition) is 2. The van der Waals surface area contributed by atoms with Crippen LogP contribution < -0.4 is 10.1 Å². The van der Waals surface area contributed by atoms with Crippen molar-refractivity contribution in [1.82, 2.24) is 9.97 Å². The molecule has 7 heteroatoms. The Balaban J connectivity index is 1.43. The van der Waals surface area contributed by atoms with E-state index >= 15 is 0 Å². The van der Waals surface area contributed by atoms with E-state index in [0.29, 0.717) is 29.2 Å². The van der Waals surface area contributed by atoms with E-state index in [1.165, 1.54) is 12.4 Å². The zero-order valence-electron chi connectivity index (χ0n) is 17.7. The van der Waals surface area contributed by atoms with Crippen LogP contribution in [0.1, 0.15) is 11.1 Å². The first-order chi connectivity index (χ1) is 16.1. The van der Waals surface area contributed by atoms with Crippen molar-refractivity contribution in [3.63, 3.8) is 0 Å². The second-order valence-electron chi connectivity index (χ2n) is 7.42. The van der Waals surface area contributed by atoms with Crippen LogP contribution in [0.25, 0.3) is 11.3 Å². The van der Waals surface area contributed by atoms with Crippen LogP contribution in [0.4, 0.5) is 10.2 Å². The SMILES string of the molecule is O=C(O)[C@H](Cc1ccccc1)Nc1cc(-c2ccc(OCc3ccccc3F)cc2)ncn1. The van der Waals surface area contributed by atoms with Crippen molar-refractivity contribution in [2.45, 2.75) is 19.1 Å². The molecule has 4 rings (SSSR count). The van der Waals surface area contributed by atoms with Gasteiger partial charge in [0.05, 0.1) is 5.69 Å². The van der Waals surface area contributed by atoms with Crippen molar-refractivity contribution < 1.29 is 19.0 Å². The number of ether oxygens (including phenoxy) is 1. The van der Waals surface area contributed by atoms with Gasteiger partial charge < -0.3 is 15.2 Å². The summed E-state index contributed by atoms with van der Waals surface area (Å²) in [4.78, 5) is 20.2. The summed E-state index contributed by atoms with van der Waals surface area (Å²) >= 11 is 0. The lowest BCUT2D eigenvalue weighted by Crippen LogP contribution is -2.31. The molecular weight excluding hydrogens is 421 g/mol. The molecule has 0 aliphatic carbocycles. The van der Waals surface area contributed by atoms with E-state index in [-0.39, 0.29) is 12.4 Å². The quantitative estimate of drug-likeness (QED) is 0.380. The molecule has 33 heavy (non-hydrogen) atoms. The first-order valence-electron chi connectivity index (χ1n) is 10.4. The van der Waals surface area contributed by atoms with Gasteiger partial charge in [0.1, 0.15) is 36.4 Å². The van der Waals surface area contributed by atoms with Crippen LogP contribution in [0.3, 0.4) is 0 Å². The van der Waals surface area contributed by atoms with Crippen LogP contribution in [0, 0.1) is 5.82 Å². The summed E-state index contributed by atoms with van der Waals surface area (Å²) in [7, 11) is 0. The molecule has 1 atom stereocenters. The minimum atomic E-state index is -0.963. The van der Waals surface area contributed by atoms with Crippen LogP contribution in [-0.2, 0) is 17.8 Å². The third-order valence-corrected chi connectivity index (χ3v) is 5.07. The van der Waals surface area contributed by atoms with E-state index in [0.717, 1.165) is 11.1 Å². The Morgan fingerprint density at radius 3 is 2.42 bits per heavy atom. The smallest absolute Gasteiger partial charge is 0.326 e. The highest BCUT2D eigenvalue weighted by molar-refractivity contribution is 5.77. The molecule has 0 aliphatic heterocycles. The molecule has 0 bridgehead atoms. The summed E-state index contributed by atoms with van der Waals surface area (Å²) in [6, 6.07) is 24.0. The molecule has 1 heterocycles. The van der Waals surface area contributed by atoms with Crippen molar-refractivity contribution in [3.8, 4) is 17.0 Å². The fraction of sp³-hybridized carbons (Fsp3) is 0.115. The van der Waals surface area contributed by atoms with Crippen LogP contribution in [0.2, 0.25) is 0 Å². The molecule has 6 nitrogen and oxygen atoms in total. The number of rotatable bonds is 9. The van der Waals surface area contributed by atoms with E-state index < -0.39 is 12.0 Å². The molecule has 0 radical (unpaired) electrons. The zero-order chi connectivity index (χ0) is 23.0. The second-order valence-corrected chi connectivity index (χ2v) is 7.42.